The first-order valence-electron chi connectivity index (χ1n) is 4.64. The average Bonchev–Trinajstić information content (AvgIpc) is 2.12. The Morgan fingerprint density at radius 1 is 0.789 bits per heavy atom. The van der Waals surface area contributed by atoms with Crippen molar-refractivity contribution < 1.29 is 41.4 Å². The van der Waals surface area contributed by atoms with Gasteiger partial charge in [-0.05, 0) is 0 Å². The maximum atomic E-state index is 12.2. The number of hydrogen-bond acceptors (Lipinski definition) is 3. The Morgan fingerprint density at radius 3 is 1.26 bits per heavy atom. The van der Waals surface area contributed by atoms with Gasteiger partial charge in [-0.25, -0.2) is 0 Å². The van der Waals surface area contributed by atoms with Crippen molar-refractivity contribution in [1.29, 1.82) is 0 Å². The van der Waals surface area contributed by atoms with Crippen LogP contribution in [0.15, 0.2) is 18.2 Å². The molecule has 0 spiro atoms. The Balaban J connectivity index is 0.000000711. The molecule has 1 aromatic carbocycles. The number of benzene rings is 1. The molecule has 19 heavy (non-hydrogen) atoms. The summed E-state index contributed by atoms with van der Waals surface area (Å²) in [5.74, 6) is 0. The summed E-state index contributed by atoms with van der Waals surface area (Å²) in [6.07, 6.45) is -9.46. The van der Waals surface area contributed by atoms with E-state index >= 15 is 0 Å². The van der Waals surface area contributed by atoms with Crippen LogP contribution in [-0.4, -0.2) is 71.3 Å². The van der Waals surface area contributed by atoms with E-state index < -0.39 is 30.8 Å². The zero-order valence-corrected chi connectivity index (χ0v) is 12.5. The molecular formula is C8H6BF6KO3. The summed E-state index contributed by atoms with van der Waals surface area (Å²) in [6.45, 7) is 0. The molecule has 0 aliphatic carbocycles. The maximum absolute atomic E-state index is 12.2. The SMILES string of the molecule is FC(F)(F)c1c[c]([K])cc(C(F)(F)F)c1.OB(O)O. The van der Waals surface area contributed by atoms with Crippen LogP contribution in [0.25, 0.3) is 0 Å². The molecule has 0 aromatic heterocycles. The van der Waals surface area contributed by atoms with E-state index in [0.29, 0.717) is 0 Å². The Morgan fingerprint density at radius 2 is 1.05 bits per heavy atom. The molecule has 3 nitrogen and oxygen atoms in total. The van der Waals surface area contributed by atoms with E-state index in [1.807, 2.05) is 0 Å². The van der Waals surface area contributed by atoms with Gasteiger partial charge in [-0.3, -0.25) is 0 Å². The standard InChI is InChI=1S/C8H3F6.BH3O3.K/c9-7(10,11)5-2-1-3-6(4-5)8(12,13)14;2-1(3)4;/h2-4H;2-4H;. The molecule has 0 saturated carbocycles. The van der Waals surface area contributed by atoms with Crippen LogP contribution in [-0.2, 0) is 12.4 Å². The average molecular weight is 314 g/mol. The third-order valence-electron chi connectivity index (χ3n) is 1.73. The normalized spacial score (nSPS) is 11.7. The fourth-order valence-corrected chi connectivity index (χ4v) is 2.08. The summed E-state index contributed by atoms with van der Waals surface area (Å²) in [7, 11) is -2.17. The summed E-state index contributed by atoms with van der Waals surface area (Å²) in [4.78, 5) is 0. The van der Waals surface area contributed by atoms with Crippen molar-refractivity contribution in [3.63, 3.8) is 0 Å². The van der Waals surface area contributed by atoms with Crippen LogP contribution < -0.4 is -0.342 Å². The van der Waals surface area contributed by atoms with Crippen molar-refractivity contribution in [3.8, 4) is 0 Å². The summed E-state index contributed by atoms with van der Waals surface area (Å²) in [6, 6.07) is 1.65. The van der Waals surface area contributed by atoms with Crippen LogP contribution in [0.3, 0.4) is 0 Å². The maximum Gasteiger partial charge on any atom is 0.631 e. The van der Waals surface area contributed by atoms with Gasteiger partial charge < -0.3 is 15.1 Å². The molecule has 0 bridgehead atoms. The van der Waals surface area contributed by atoms with E-state index in [-0.39, 0.29) is 54.7 Å². The van der Waals surface area contributed by atoms with E-state index in [1.165, 1.54) is 0 Å². The van der Waals surface area contributed by atoms with E-state index in [9.17, 15) is 26.3 Å². The third-order valence-corrected chi connectivity index (χ3v) is 2.63. The number of alkyl halides is 6. The first-order valence-corrected chi connectivity index (χ1v) is 6.20. The predicted octanol–water partition coefficient (Wildman–Crippen LogP) is 0.466. The molecule has 0 radical (unpaired) electrons. The van der Waals surface area contributed by atoms with E-state index in [4.69, 9.17) is 15.1 Å². The first kappa shape index (κ1) is 19.4. The van der Waals surface area contributed by atoms with Crippen molar-refractivity contribution in [1.82, 2.24) is 0 Å². The first-order chi connectivity index (χ1) is 8.34. The quantitative estimate of drug-likeness (QED) is 0.482. The molecule has 102 valence electrons. The van der Waals surface area contributed by atoms with Gasteiger partial charge in [-0.2, -0.15) is 0 Å². The molecule has 0 heterocycles. The second-order valence-electron chi connectivity index (χ2n) is 3.43. The van der Waals surface area contributed by atoms with Gasteiger partial charge in [-0.1, -0.05) is 0 Å². The fourth-order valence-electron chi connectivity index (χ4n) is 1.11. The molecule has 3 N–H and O–H groups in total. The van der Waals surface area contributed by atoms with Crippen LogP contribution in [0.1, 0.15) is 11.1 Å². The third kappa shape index (κ3) is 8.30. The molecular weight excluding hydrogens is 308 g/mol. The van der Waals surface area contributed by atoms with Crippen molar-refractivity contribution in [2.24, 2.45) is 0 Å². The minimum absolute atomic E-state index is 0.115. The van der Waals surface area contributed by atoms with Gasteiger partial charge >= 0.3 is 124 Å². The summed E-state index contributed by atoms with van der Waals surface area (Å²) in [5, 5.41) is 21.5. The Hall–Kier alpha value is 0.381. The second kappa shape index (κ2) is 7.41. The smallest absolute Gasteiger partial charge is 0.402 e. The predicted molar refractivity (Wildman–Crippen MR) is 54.2 cm³/mol. The molecule has 0 unspecified atom stereocenters. The molecule has 0 saturated heterocycles. The van der Waals surface area contributed by atoms with Crippen LogP contribution in [0.4, 0.5) is 26.3 Å². The molecule has 1 aromatic rings. The topological polar surface area (TPSA) is 60.7 Å². The zero-order valence-electron chi connectivity index (χ0n) is 9.42. The van der Waals surface area contributed by atoms with Gasteiger partial charge in [0.2, 0.25) is 0 Å². The fraction of sp³-hybridized carbons (Fsp3) is 0.250. The van der Waals surface area contributed by atoms with Crippen LogP contribution in [0.5, 0.6) is 0 Å². The molecule has 0 fully saturated rings. The largest absolute Gasteiger partial charge is 0.631 e. The molecule has 0 amide bonds. The molecule has 0 atom stereocenters. The van der Waals surface area contributed by atoms with E-state index in [1.54, 1.807) is 0 Å². The molecule has 0 aliphatic heterocycles. The van der Waals surface area contributed by atoms with Gasteiger partial charge in [0.1, 0.15) is 0 Å². The van der Waals surface area contributed by atoms with Crippen molar-refractivity contribution >= 4 is 55.9 Å². The Bertz CT molecular complexity index is 385. The Kier molecular flexibility index (Phi) is 7.56. The number of hydrogen-bond donors (Lipinski definition) is 3. The van der Waals surface area contributed by atoms with Gasteiger partial charge in [-0.15, -0.1) is 0 Å². The summed E-state index contributed by atoms with van der Waals surface area (Å²) in [5.41, 5.74) is -2.47. The van der Waals surface area contributed by atoms with Crippen LogP contribution in [0.2, 0.25) is 0 Å². The van der Waals surface area contributed by atoms with Crippen molar-refractivity contribution in [2.75, 3.05) is 0 Å². The van der Waals surface area contributed by atoms with Gasteiger partial charge in [0.15, 0.2) is 0 Å². The molecule has 11 heteroatoms. The zero-order chi connectivity index (χ0) is 15.4. The monoisotopic (exact) mass is 314 g/mol. The van der Waals surface area contributed by atoms with Gasteiger partial charge in [0.25, 0.3) is 0 Å². The van der Waals surface area contributed by atoms with E-state index in [0.717, 1.165) is 12.1 Å². The van der Waals surface area contributed by atoms with Crippen molar-refractivity contribution in [3.05, 3.63) is 29.3 Å². The molecule has 0 aliphatic rings. The van der Waals surface area contributed by atoms with Gasteiger partial charge in [0.05, 0.1) is 0 Å². The second-order valence-corrected chi connectivity index (χ2v) is 5.23. The summed E-state index contributed by atoms with van der Waals surface area (Å²) >= 11 is -0.228. The van der Waals surface area contributed by atoms with Gasteiger partial charge in [0, 0.05) is 0 Å². The summed E-state index contributed by atoms with van der Waals surface area (Å²) < 4.78 is 73.3. The van der Waals surface area contributed by atoms with Crippen molar-refractivity contribution in [2.45, 2.75) is 12.4 Å². The van der Waals surface area contributed by atoms with E-state index in [2.05, 4.69) is 0 Å². The number of halogens is 6. The van der Waals surface area contributed by atoms with Crippen LogP contribution >= 0.6 is 0 Å². The minimum Gasteiger partial charge on any atom is -0.402 e. The molecule has 1 rings (SSSR count). The van der Waals surface area contributed by atoms with Crippen LogP contribution in [0, 0.1) is 0 Å². The number of rotatable bonds is 0. The minimum atomic E-state index is -4.73. The Labute approximate surface area is 138 Å².